The molecule has 0 aliphatic rings. The van der Waals surface area contributed by atoms with Crippen LogP contribution in [0.5, 0.6) is 0 Å². The maximum atomic E-state index is 12.9. The van der Waals surface area contributed by atoms with Gasteiger partial charge in [0.2, 0.25) is 5.95 Å². The molecule has 0 atom stereocenters. The molecule has 6 heteroatoms. The predicted molar refractivity (Wildman–Crippen MR) is 96.9 cm³/mol. The number of nitrogens with one attached hydrogen (secondary N) is 2. The molecule has 0 spiro atoms. The number of aryl methyl sites for hydroxylation is 1. The van der Waals surface area contributed by atoms with Gasteiger partial charge in [-0.25, -0.2) is 4.39 Å². The van der Waals surface area contributed by atoms with Crippen LogP contribution in [0, 0.1) is 12.7 Å². The number of anilines is 2. The molecule has 0 unspecified atom stereocenters. The molecule has 0 amide bonds. The van der Waals surface area contributed by atoms with Gasteiger partial charge >= 0.3 is 0 Å². The molecule has 25 heavy (non-hydrogen) atoms. The van der Waals surface area contributed by atoms with Gasteiger partial charge in [0.15, 0.2) is 5.82 Å². The van der Waals surface area contributed by atoms with E-state index >= 15 is 0 Å². The summed E-state index contributed by atoms with van der Waals surface area (Å²) < 4.78 is 12.9. The van der Waals surface area contributed by atoms with E-state index in [9.17, 15) is 4.39 Å². The molecule has 0 bridgehead atoms. The van der Waals surface area contributed by atoms with Crippen LogP contribution in [0.15, 0.2) is 54.7 Å². The lowest BCUT2D eigenvalue weighted by Gasteiger charge is -2.08. The minimum atomic E-state index is -0.225. The molecule has 1 heterocycles. The minimum absolute atomic E-state index is 0.225. The highest BCUT2D eigenvalue weighted by Crippen LogP contribution is 2.09. The Bertz CT molecular complexity index is 820. The summed E-state index contributed by atoms with van der Waals surface area (Å²) in [5.74, 6) is 0.911. The summed E-state index contributed by atoms with van der Waals surface area (Å²) in [7, 11) is 0. The van der Waals surface area contributed by atoms with Crippen LogP contribution in [0.4, 0.5) is 16.2 Å². The molecular weight excluding hydrogens is 317 g/mol. The van der Waals surface area contributed by atoms with Crippen molar-refractivity contribution in [1.29, 1.82) is 0 Å². The zero-order valence-electron chi connectivity index (χ0n) is 14.0. The normalized spacial score (nSPS) is 10.5. The summed E-state index contributed by atoms with van der Waals surface area (Å²) in [6, 6.07) is 14.8. The number of aromatic nitrogens is 3. The lowest BCUT2D eigenvalue weighted by Crippen LogP contribution is -2.10. The molecule has 2 aromatic carbocycles. The number of hydrogen-bond donors (Lipinski definition) is 2. The first kappa shape index (κ1) is 16.8. The van der Waals surface area contributed by atoms with Crippen molar-refractivity contribution in [3.63, 3.8) is 0 Å². The van der Waals surface area contributed by atoms with Crippen molar-refractivity contribution in [2.24, 2.45) is 0 Å². The highest BCUT2D eigenvalue weighted by Gasteiger charge is 2.01. The smallest absolute Gasteiger partial charge is 0.244 e. The van der Waals surface area contributed by atoms with Crippen LogP contribution < -0.4 is 10.6 Å². The number of halogens is 1. The molecule has 3 aromatic rings. The Morgan fingerprint density at radius 1 is 1.00 bits per heavy atom. The zero-order chi connectivity index (χ0) is 17.5. The van der Waals surface area contributed by atoms with Gasteiger partial charge in [-0.1, -0.05) is 42.0 Å². The van der Waals surface area contributed by atoms with E-state index in [0.717, 1.165) is 12.0 Å². The van der Waals surface area contributed by atoms with Crippen molar-refractivity contribution in [3.8, 4) is 0 Å². The summed E-state index contributed by atoms with van der Waals surface area (Å²) in [4.78, 5) is 4.40. The van der Waals surface area contributed by atoms with Crippen molar-refractivity contribution in [1.82, 2.24) is 15.2 Å². The molecule has 0 fully saturated rings. The fourth-order valence-electron chi connectivity index (χ4n) is 2.45. The van der Waals surface area contributed by atoms with E-state index in [4.69, 9.17) is 0 Å². The Labute approximate surface area is 146 Å². The van der Waals surface area contributed by atoms with Gasteiger partial charge in [-0.05, 0) is 36.6 Å². The van der Waals surface area contributed by atoms with Crippen LogP contribution in [-0.4, -0.2) is 21.7 Å². The molecule has 0 radical (unpaired) electrons. The third-order valence-corrected chi connectivity index (χ3v) is 3.72. The quantitative estimate of drug-likeness (QED) is 0.690. The maximum Gasteiger partial charge on any atom is 0.244 e. The van der Waals surface area contributed by atoms with Crippen LogP contribution in [0.1, 0.15) is 16.7 Å². The van der Waals surface area contributed by atoms with Gasteiger partial charge in [-0.15, -0.1) is 5.10 Å². The first-order chi connectivity index (χ1) is 12.2. The lowest BCUT2D eigenvalue weighted by molar-refractivity contribution is 0.627. The Morgan fingerprint density at radius 3 is 2.64 bits per heavy atom. The van der Waals surface area contributed by atoms with Gasteiger partial charge in [0.1, 0.15) is 5.82 Å². The third kappa shape index (κ3) is 5.24. The fraction of sp³-hybridized carbons (Fsp3) is 0.211. The Morgan fingerprint density at radius 2 is 1.84 bits per heavy atom. The average Bonchev–Trinajstić information content (AvgIpc) is 2.62. The highest BCUT2D eigenvalue weighted by molar-refractivity contribution is 5.38. The summed E-state index contributed by atoms with van der Waals surface area (Å²) >= 11 is 0. The molecule has 0 saturated carbocycles. The van der Waals surface area contributed by atoms with E-state index in [2.05, 4.69) is 50.9 Å². The minimum Gasteiger partial charge on any atom is -0.365 e. The van der Waals surface area contributed by atoms with Gasteiger partial charge in [0, 0.05) is 13.1 Å². The summed E-state index contributed by atoms with van der Waals surface area (Å²) in [5.41, 5.74) is 3.46. The summed E-state index contributed by atoms with van der Waals surface area (Å²) in [6.07, 6.45) is 2.35. The first-order valence-electron chi connectivity index (χ1n) is 8.16. The molecular formula is C19H20FN5. The van der Waals surface area contributed by atoms with E-state index < -0.39 is 0 Å². The topological polar surface area (TPSA) is 62.7 Å². The molecule has 5 nitrogen and oxygen atoms in total. The van der Waals surface area contributed by atoms with Crippen molar-refractivity contribution in [2.45, 2.75) is 19.9 Å². The second-order valence-corrected chi connectivity index (χ2v) is 5.81. The number of hydrogen-bond acceptors (Lipinski definition) is 5. The highest BCUT2D eigenvalue weighted by atomic mass is 19.1. The molecule has 2 N–H and O–H groups in total. The van der Waals surface area contributed by atoms with Gasteiger partial charge in [-0.2, -0.15) is 10.1 Å². The van der Waals surface area contributed by atoms with Gasteiger partial charge in [0.25, 0.3) is 0 Å². The van der Waals surface area contributed by atoms with Crippen molar-refractivity contribution < 1.29 is 4.39 Å². The van der Waals surface area contributed by atoms with Crippen molar-refractivity contribution in [3.05, 3.63) is 77.2 Å². The molecule has 1 aromatic heterocycles. The van der Waals surface area contributed by atoms with Crippen molar-refractivity contribution in [2.75, 3.05) is 17.2 Å². The van der Waals surface area contributed by atoms with Crippen LogP contribution >= 0.6 is 0 Å². The fourth-order valence-corrected chi connectivity index (χ4v) is 2.45. The summed E-state index contributed by atoms with van der Waals surface area (Å²) in [6.45, 7) is 3.39. The second-order valence-electron chi connectivity index (χ2n) is 5.81. The summed E-state index contributed by atoms with van der Waals surface area (Å²) in [5, 5.41) is 14.3. The average molecular weight is 337 g/mol. The molecule has 0 aliphatic heterocycles. The monoisotopic (exact) mass is 337 g/mol. The standard InChI is InChI=1S/C19H20FN5/c1-14-3-2-4-16(11-14)12-22-18-13-23-25-19(24-18)21-10-9-15-5-7-17(20)8-6-15/h2-8,11,13H,9-10,12H2,1H3,(H2,21,22,24,25). The van der Waals surface area contributed by atoms with E-state index in [0.29, 0.717) is 24.9 Å². The van der Waals surface area contributed by atoms with Crippen LogP contribution in [0.2, 0.25) is 0 Å². The molecule has 0 saturated heterocycles. The number of benzene rings is 2. The van der Waals surface area contributed by atoms with Gasteiger partial charge < -0.3 is 10.6 Å². The molecule has 3 rings (SSSR count). The second kappa shape index (κ2) is 8.19. The Hall–Kier alpha value is -3.02. The third-order valence-electron chi connectivity index (χ3n) is 3.72. The van der Waals surface area contributed by atoms with Crippen LogP contribution in [0.3, 0.4) is 0 Å². The van der Waals surface area contributed by atoms with Crippen LogP contribution in [0.25, 0.3) is 0 Å². The Kier molecular flexibility index (Phi) is 5.51. The number of rotatable bonds is 7. The van der Waals surface area contributed by atoms with E-state index in [1.807, 2.05) is 6.07 Å². The SMILES string of the molecule is Cc1cccc(CNc2cnnc(NCCc3ccc(F)cc3)n2)c1. The van der Waals surface area contributed by atoms with E-state index in [-0.39, 0.29) is 5.82 Å². The molecule has 0 aliphatic carbocycles. The Balaban J connectivity index is 1.51. The van der Waals surface area contributed by atoms with Crippen LogP contribution in [-0.2, 0) is 13.0 Å². The number of nitrogens with zero attached hydrogens (tertiary/aromatic N) is 3. The van der Waals surface area contributed by atoms with Gasteiger partial charge in [-0.3, -0.25) is 0 Å². The molecule has 128 valence electrons. The van der Waals surface area contributed by atoms with E-state index in [1.54, 1.807) is 18.3 Å². The zero-order valence-corrected chi connectivity index (χ0v) is 14.0. The van der Waals surface area contributed by atoms with E-state index in [1.165, 1.54) is 23.3 Å². The first-order valence-corrected chi connectivity index (χ1v) is 8.16. The maximum absolute atomic E-state index is 12.9. The lowest BCUT2D eigenvalue weighted by atomic mass is 10.1. The largest absolute Gasteiger partial charge is 0.365 e. The van der Waals surface area contributed by atoms with Gasteiger partial charge in [0.05, 0.1) is 6.20 Å². The predicted octanol–water partition coefficient (Wildman–Crippen LogP) is 3.59. The van der Waals surface area contributed by atoms with Crippen molar-refractivity contribution >= 4 is 11.8 Å².